The van der Waals surface area contributed by atoms with Crippen molar-refractivity contribution in [2.45, 2.75) is 25.3 Å². The molecule has 0 unspecified atom stereocenters. The molecule has 1 aromatic rings. The minimum absolute atomic E-state index is 0. The molecule has 6 heteroatoms. The Morgan fingerprint density at radius 3 is 3.00 bits per heavy atom. The van der Waals surface area contributed by atoms with Gasteiger partial charge < -0.3 is 15.4 Å². The molecule has 0 radical (unpaired) electrons. The van der Waals surface area contributed by atoms with Crippen LogP contribution in [0.2, 0.25) is 0 Å². The molecule has 19 heavy (non-hydrogen) atoms. The Kier molecular flexibility index (Phi) is 8.40. The molecule has 1 aliphatic carbocycles. The van der Waals surface area contributed by atoms with Crippen molar-refractivity contribution < 1.29 is 4.74 Å². The first-order valence-corrected chi connectivity index (χ1v) is 7.32. The van der Waals surface area contributed by atoms with Crippen LogP contribution in [0.5, 0.6) is 0 Å². The highest BCUT2D eigenvalue weighted by atomic mass is 127. The van der Waals surface area contributed by atoms with E-state index in [2.05, 4.69) is 33.1 Å². The highest BCUT2D eigenvalue weighted by Crippen LogP contribution is 2.18. The number of hydrogen-bond donors (Lipinski definition) is 2. The zero-order valence-electron chi connectivity index (χ0n) is 11.2. The monoisotopic (exact) mass is 395 g/mol. The van der Waals surface area contributed by atoms with Crippen LogP contribution < -0.4 is 10.6 Å². The maximum absolute atomic E-state index is 5.02. The van der Waals surface area contributed by atoms with Crippen LogP contribution in [0.4, 0.5) is 0 Å². The van der Waals surface area contributed by atoms with Gasteiger partial charge in [-0.1, -0.05) is 6.07 Å². The zero-order valence-corrected chi connectivity index (χ0v) is 14.4. The molecule has 108 valence electrons. The molecule has 0 atom stereocenters. The summed E-state index contributed by atoms with van der Waals surface area (Å²) in [5.74, 6) is 0.922. The van der Waals surface area contributed by atoms with Gasteiger partial charge in [-0.3, -0.25) is 4.99 Å². The van der Waals surface area contributed by atoms with Crippen molar-refractivity contribution >= 4 is 41.3 Å². The van der Waals surface area contributed by atoms with Crippen LogP contribution in [0.15, 0.2) is 22.5 Å². The quantitative estimate of drug-likeness (QED) is 0.322. The number of aliphatic imine (C=N–C) groups is 1. The third-order valence-corrected chi connectivity index (χ3v) is 3.66. The van der Waals surface area contributed by atoms with Crippen LogP contribution in [-0.2, 0) is 11.2 Å². The summed E-state index contributed by atoms with van der Waals surface area (Å²) < 4.78 is 5.02. The molecule has 0 amide bonds. The van der Waals surface area contributed by atoms with Crippen LogP contribution in [0.3, 0.4) is 0 Å². The number of ether oxygens (including phenoxy) is 1. The highest BCUT2D eigenvalue weighted by Gasteiger charge is 2.22. The third-order valence-electron chi connectivity index (χ3n) is 2.73. The Balaban J connectivity index is 0.00000180. The van der Waals surface area contributed by atoms with Gasteiger partial charge in [0, 0.05) is 24.6 Å². The minimum Gasteiger partial charge on any atom is -0.383 e. The summed E-state index contributed by atoms with van der Waals surface area (Å²) in [7, 11) is 1.70. The third kappa shape index (κ3) is 7.12. The van der Waals surface area contributed by atoms with Crippen molar-refractivity contribution in [2.24, 2.45) is 4.99 Å². The van der Waals surface area contributed by atoms with E-state index in [9.17, 15) is 0 Å². The average molecular weight is 395 g/mol. The first kappa shape index (κ1) is 16.7. The van der Waals surface area contributed by atoms with Gasteiger partial charge >= 0.3 is 0 Å². The predicted octanol–water partition coefficient (Wildman–Crippen LogP) is 2.25. The van der Waals surface area contributed by atoms with E-state index in [0.717, 1.165) is 18.9 Å². The molecule has 1 saturated carbocycles. The summed E-state index contributed by atoms with van der Waals surface area (Å²) in [6.45, 7) is 2.30. The topological polar surface area (TPSA) is 45.6 Å². The SMILES string of the molecule is COCCN=C(NCCc1cccs1)NC1CC1.I. The van der Waals surface area contributed by atoms with Gasteiger partial charge in [0.1, 0.15) is 0 Å². The van der Waals surface area contributed by atoms with Crippen molar-refractivity contribution in [3.63, 3.8) is 0 Å². The second-order valence-corrected chi connectivity index (χ2v) is 5.43. The molecule has 2 N–H and O–H groups in total. The Labute approximate surface area is 136 Å². The normalized spacial score (nSPS) is 14.9. The van der Waals surface area contributed by atoms with E-state index in [0.29, 0.717) is 19.2 Å². The van der Waals surface area contributed by atoms with E-state index in [1.807, 2.05) is 0 Å². The van der Waals surface area contributed by atoms with Crippen LogP contribution in [0, 0.1) is 0 Å². The zero-order chi connectivity index (χ0) is 12.6. The van der Waals surface area contributed by atoms with E-state index in [-0.39, 0.29) is 24.0 Å². The standard InChI is InChI=1S/C13H21N3OS.HI/c1-17-9-8-15-13(16-11-4-5-11)14-7-6-12-3-2-10-18-12;/h2-3,10-11H,4-9H2,1H3,(H2,14,15,16);1H. The van der Waals surface area contributed by atoms with Crippen molar-refractivity contribution in [3.05, 3.63) is 22.4 Å². The first-order chi connectivity index (χ1) is 8.88. The lowest BCUT2D eigenvalue weighted by molar-refractivity contribution is 0.208. The average Bonchev–Trinajstić information content (AvgIpc) is 3.03. The second-order valence-electron chi connectivity index (χ2n) is 4.40. The number of halogens is 1. The minimum atomic E-state index is 0. The van der Waals surface area contributed by atoms with Crippen LogP contribution in [-0.4, -0.2) is 38.8 Å². The highest BCUT2D eigenvalue weighted by molar-refractivity contribution is 14.0. The maximum Gasteiger partial charge on any atom is 0.191 e. The number of hydrogen-bond acceptors (Lipinski definition) is 3. The Hall–Kier alpha value is -0.340. The van der Waals surface area contributed by atoms with Crippen LogP contribution in [0.1, 0.15) is 17.7 Å². The lowest BCUT2D eigenvalue weighted by atomic mass is 10.3. The molecule has 0 bridgehead atoms. The molecule has 0 saturated heterocycles. The molecule has 1 fully saturated rings. The molecule has 0 spiro atoms. The van der Waals surface area contributed by atoms with E-state index in [1.165, 1.54) is 17.7 Å². The van der Waals surface area contributed by atoms with Gasteiger partial charge in [0.15, 0.2) is 5.96 Å². The molecule has 1 heterocycles. The van der Waals surface area contributed by atoms with Gasteiger partial charge in [0.2, 0.25) is 0 Å². The van der Waals surface area contributed by atoms with E-state index in [4.69, 9.17) is 4.74 Å². The van der Waals surface area contributed by atoms with Crippen LogP contribution >= 0.6 is 35.3 Å². The lowest BCUT2D eigenvalue weighted by Crippen LogP contribution is -2.39. The molecule has 0 aliphatic heterocycles. The summed E-state index contributed by atoms with van der Waals surface area (Å²) in [4.78, 5) is 5.89. The fourth-order valence-electron chi connectivity index (χ4n) is 1.58. The Morgan fingerprint density at radius 2 is 2.37 bits per heavy atom. The van der Waals surface area contributed by atoms with E-state index < -0.39 is 0 Å². The fraction of sp³-hybridized carbons (Fsp3) is 0.615. The molecular formula is C13H22IN3OS. The van der Waals surface area contributed by atoms with Gasteiger partial charge in [-0.25, -0.2) is 0 Å². The fourth-order valence-corrected chi connectivity index (χ4v) is 2.29. The smallest absolute Gasteiger partial charge is 0.191 e. The lowest BCUT2D eigenvalue weighted by Gasteiger charge is -2.11. The first-order valence-electron chi connectivity index (χ1n) is 6.44. The van der Waals surface area contributed by atoms with Gasteiger partial charge in [-0.2, -0.15) is 0 Å². The number of methoxy groups -OCH3 is 1. The number of nitrogens with one attached hydrogen (secondary N) is 2. The number of thiophene rings is 1. The van der Waals surface area contributed by atoms with Crippen molar-refractivity contribution in [2.75, 3.05) is 26.8 Å². The van der Waals surface area contributed by atoms with Crippen molar-refractivity contribution in [1.82, 2.24) is 10.6 Å². The summed E-state index contributed by atoms with van der Waals surface area (Å²) in [6.07, 6.45) is 3.57. The van der Waals surface area contributed by atoms with Gasteiger partial charge in [-0.05, 0) is 30.7 Å². The Bertz CT molecular complexity index is 366. The molecule has 1 aliphatic rings. The molecular weight excluding hydrogens is 373 g/mol. The van der Waals surface area contributed by atoms with Gasteiger partial charge in [-0.15, -0.1) is 35.3 Å². The predicted molar refractivity (Wildman–Crippen MR) is 91.8 cm³/mol. The van der Waals surface area contributed by atoms with Crippen molar-refractivity contribution in [3.8, 4) is 0 Å². The molecule has 0 aromatic carbocycles. The summed E-state index contributed by atoms with van der Waals surface area (Å²) in [6, 6.07) is 4.89. The maximum atomic E-state index is 5.02. The van der Waals surface area contributed by atoms with Gasteiger partial charge in [0.05, 0.1) is 13.2 Å². The van der Waals surface area contributed by atoms with Gasteiger partial charge in [0.25, 0.3) is 0 Å². The van der Waals surface area contributed by atoms with Crippen molar-refractivity contribution in [1.29, 1.82) is 0 Å². The van der Waals surface area contributed by atoms with E-state index >= 15 is 0 Å². The molecule has 1 aromatic heterocycles. The largest absolute Gasteiger partial charge is 0.383 e. The summed E-state index contributed by atoms with van der Waals surface area (Å²) >= 11 is 1.80. The summed E-state index contributed by atoms with van der Waals surface area (Å²) in [5, 5.41) is 8.91. The second kappa shape index (κ2) is 9.55. The number of guanidine groups is 1. The number of nitrogens with zero attached hydrogens (tertiary/aromatic N) is 1. The molecule has 2 rings (SSSR count). The number of rotatable bonds is 7. The van der Waals surface area contributed by atoms with E-state index in [1.54, 1.807) is 18.4 Å². The molecule has 4 nitrogen and oxygen atoms in total. The summed E-state index contributed by atoms with van der Waals surface area (Å²) in [5.41, 5.74) is 0. The van der Waals surface area contributed by atoms with Crippen LogP contribution in [0.25, 0.3) is 0 Å². The Morgan fingerprint density at radius 1 is 1.53 bits per heavy atom.